The molecule has 0 atom stereocenters. The second kappa shape index (κ2) is 11.6. The summed E-state index contributed by atoms with van der Waals surface area (Å²) in [5, 5.41) is 8.44. The predicted molar refractivity (Wildman–Crippen MR) is 140 cm³/mol. The summed E-state index contributed by atoms with van der Waals surface area (Å²) >= 11 is 3.39. The molecule has 0 saturated carbocycles. The molecule has 0 aliphatic rings. The highest BCUT2D eigenvalue weighted by Gasteiger charge is 2.05. The van der Waals surface area contributed by atoms with Gasteiger partial charge in [-0.1, -0.05) is 58.4 Å². The van der Waals surface area contributed by atoms with Crippen LogP contribution in [0.5, 0.6) is 5.75 Å². The van der Waals surface area contributed by atoms with Crippen LogP contribution in [0.3, 0.4) is 0 Å². The van der Waals surface area contributed by atoms with Crippen molar-refractivity contribution in [3.63, 3.8) is 0 Å². The van der Waals surface area contributed by atoms with Gasteiger partial charge >= 0.3 is 5.97 Å². The number of para-hydroxylation sites is 1. The molecule has 0 bridgehead atoms. The third kappa shape index (κ3) is 6.92. The van der Waals surface area contributed by atoms with E-state index < -0.39 is 5.97 Å². The van der Waals surface area contributed by atoms with Crippen molar-refractivity contribution in [2.45, 2.75) is 0 Å². The van der Waals surface area contributed by atoms with Crippen LogP contribution in [-0.2, 0) is 4.79 Å². The van der Waals surface area contributed by atoms with Gasteiger partial charge in [0.15, 0.2) is 0 Å². The van der Waals surface area contributed by atoms with Gasteiger partial charge in [0.25, 0.3) is 0 Å². The molecule has 0 radical (unpaired) electrons. The summed E-state index contributed by atoms with van der Waals surface area (Å²) in [6.07, 6.45) is 4.78. The van der Waals surface area contributed by atoms with Gasteiger partial charge in [-0.05, 0) is 72.3 Å². The van der Waals surface area contributed by atoms with Crippen LogP contribution in [0.25, 0.3) is 6.08 Å². The highest BCUT2D eigenvalue weighted by atomic mass is 79.9. The highest BCUT2D eigenvalue weighted by Crippen LogP contribution is 2.23. The number of hydrogen-bond acceptors (Lipinski definition) is 5. The van der Waals surface area contributed by atoms with E-state index in [1.54, 1.807) is 18.4 Å². The zero-order valence-corrected chi connectivity index (χ0v) is 19.7. The van der Waals surface area contributed by atoms with E-state index in [0.717, 1.165) is 27.1 Å². The zero-order chi connectivity index (χ0) is 23.6. The molecule has 6 heteroatoms. The molecule has 166 valence electrons. The maximum Gasteiger partial charge on any atom is 0.336 e. The summed E-state index contributed by atoms with van der Waals surface area (Å²) < 4.78 is 6.50. The molecule has 0 aliphatic carbocycles. The van der Waals surface area contributed by atoms with Crippen LogP contribution in [0.1, 0.15) is 11.1 Å². The quantitative estimate of drug-likeness (QED) is 0.0827. The molecule has 4 aromatic carbocycles. The second-order valence-electron chi connectivity index (χ2n) is 7.15. The van der Waals surface area contributed by atoms with Crippen molar-refractivity contribution in [1.82, 2.24) is 0 Å². The topological polar surface area (TPSA) is 63.4 Å². The van der Waals surface area contributed by atoms with Gasteiger partial charge in [-0.25, -0.2) is 4.79 Å². The van der Waals surface area contributed by atoms with Crippen LogP contribution in [0.4, 0.5) is 17.1 Å². The van der Waals surface area contributed by atoms with Gasteiger partial charge in [0.2, 0.25) is 0 Å². The van der Waals surface area contributed by atoms with Crippen LogP contribution in [0.15, 0.2) is 129 Å². The average Bonchev–Trinajstić information content (AvgIpc) is 2.88. The third-order valence-corrected chi connectivity index (χ3v) is 5.18. The first-order valence-corrected chi connectivity index (χ1v) is 11.3. The van der Waals surface area contributed by atoms with Crippen molar-refractivity contribution in [2.24, 2.45) is 15.2 Å². The monoisotopic (exact) mass is 509 g/mol. The number of aliphatic imine (C=N–C) groups is 1. The number of nitrogens with zero attached hydrogens (tertiary/aromatic N) is 3. The van der Waals surface area contributed by atoms with Gasteiger partial charge in [-0.2, -0.15) is 10.2 Å². The van der Waals surface area contributed by atoms with E-state index in [9.17, 15) is 4.79 Å². The number of esters is 1. The molecular weight excluding hydrogens is 490 g/mol. The summed E-state index contributed by atoms with van der Waals surface area (Å²) in [6, 6.07) is 31.8. The molecule has 0 heterocycles. The first-order chi connectivity index (χ1) is 16.7. The molecule has 34 heavy (non-hydrogen) atoms. The summed E-state index contributed by atoms with van der Waals surface area (Å²) in [7, 11) is 0. The van der Waals surface area contributed by atoms with Gasteiger partial charge in [-0.3, -0.25) is 4.99 Å². The van der Waals surface area contributed by atoms with Crippen LogP contribution in [-0.4, -0.2) is 12.2 Å². The van der Waals surface area contributed by atoms with Crippen molar-refractivity contribution in [2.75, 3.05) is 0 Å². The number of ether oxygens (including phenoxy) is 1. The van der Waals surface area contributed by atoms with Gasteiger partial charge in [0.1, 0.15) is 5.75 Å². The standard InChI is InChI=1S/C28H20BrN3O2/c29-23-13-10-21(11-14-23)12-19-28(33)34-27-9-5-4-6-22(27)20-30-24-15-17-26(18-16-24)32-31-25-7-2-1-3-8-25/h1-20H. The molecule has 0 fully saturated rings. The normalized spacial score (nSPS) is 11.4. The Morgan fingerprint density at radius 1 is 0.706 bits per heavy atom. The van der Waals surface area contributed by atoms with E-state index in [0.29, 0.717) is 11.3 Å². The molecule has 4 rings (SSSR count). The van der Waals surface area contributed by atoms with E-state index in [-0.39, 0.29) is 0 Å². The Balaban J connectivity index is 1.40. The fraction of sp³-hybridized carbons (Fsp3) is 0. The van der Waals surface area contributed by atoms with Gasteiger partial charge in [0.05, 0.1) is 17.1 Å². The lowest BCUT2D eigenvalue weighted by molar-refractivity contribution is -0.128. The first-order valence-electron chi connectivity index (χ1n) is 10.5. The van der Waals surface area contributed by atoms with Crippen LogP contribution in [0.2, 0.25) is 0 Å². The van der Waals surface area contributed by atoms with Crippen LogP contribution >= 0.6 is 15.9 Å². The minimum absolute atomic E-state index is 0.435. The van der Waals surface area contributed by atoms with Crippen molar-refractivity contribution in [3.05, 3.63) is 125 Å². The molecule has 0 amide bonds. The third-order valence-electron chi connectivity index (χ3n) is 4.65. The van der Waals surface area contributed by atoms with E-state index in [4.69, 9.17) is 4.74 Å². The smallest absolute Gasteiger partial charge is 0.336 e. The Morgan fingerprint density at radius 3 is 2.06 bits per heavy atom. The van der Waals surface area contributed by atoms with Crippen LogP contribution in [0, 0.1) is 0 Å². The van der Waals surface area contributed by atoms with Crippen molar-refractivity contribution in [1.29, 1.82) is 0 Å². The Labute approximate surface area is 206 Å². The molecule has 0 aliphatic heterocycles. The van der Waals surface area contributed by atoms with Crippen LogP contribution < -0.4 is 4.74 Å². The number of rotatable bonds is 7. The van der Waals surface area contributed by atoms with Gasteiger partial charge < -0.3 is 4.74 Å². The summed E-state index contributed by atoms with van der Waals surface area (Å²) in [6.45, 7) is 0. The number of carbonyl (C=O) groups is 1. The fourth-order valence-corrected chi connectivity index (χ4v) is 3.18. The van der Waals surface area contributed by atoms with Gasteiger partial charge in [-0.15, -0.1) is 0 Å². The lowest BCUT2D eigenvalue weighted by Crippen LogP contribution is -2.05. The molecule has 0 unspecified atom stereocenters. The molecule has 4 aromatic rings. The zero-order valence-electron chi connectivity index (χ0n) is 18.1. The SMILES string of the molecule is O=C(C=Cc1ccc(Br)cc1)Oc1ccccc1C=Nc1ccc(N=Nc2ccccc2)cc1. The Hall–Kier alpha value is -4.16. The Bertz CT molecular complexity index is 1330. The molecule has 0 spiro atoms. The Kier molecular flexibility index (Phi) is 7.87. The summed E-state index contributed by atoms with van der Waals surface area (Å²) in [4.78, 5) is 16.8. The lowest BCUT2D eigenvalue weighted by Gasteiger charge is -2.05. The maximum atomic E-state index is 12.3. The maximum absolute atomic E-state index is 12.3. The van der Waals surface area contributed by atoms with E-state index in [2.05, 4.69) is 31.2 Å². The van der Waals surface area contributed by atoms with E-state index >= 15 is 0 Å². The minimum atomic E-state index is -0.461. The summed E-state index contributed by atoms with van der Waals surface area (Å²) in [5.74, 6) is -0.0260. The number of benzene rings is 4. The molecule has 5 nitrogen and oxygen atoms in total. The lowest BCUT2D eigenvalue weighted by atomic mass is 10.2. The second-order valence-corrected chi connectivity index (χ2v) is 8.07. The van der Waals surface area contributed by atoms with Crippen molar-refractivity contribution < 1.29 is 9.53 Å². The molecule has 0 saturated heterocycles. The van der Waals surface area contributed by atoms with E-state index in [1.165, 1.54) is 6.08 Å². The molecular formula is C28H20BrN3O2. The van der Waals surface area contributed by atoms with E-state index in [1.807, 2.05) is 97.1 Å². The average molecular weight is 510 g/mol. The van der Waals surface area contributed by atoms with Crippen molar-refractivity contribution >= 4 is 51.3 Å². The predicted octanol–water partition coefficient (Wildman–Crippen LogP) is 8.23. The fourth-order valence-electron chi connectivity index (χ4n) is 2.92. The Morgan fingerprint density at radius 2 is 1.32 bits per heavy atom. The highest BCUT2D eigenvalue weighted by molar-refractivity contribution is 9.10. The first kappa shape index (κ1) is 23.0. The number of halogens is 1. The summed E-state index contributed by atoms with van der Waals surface area (Å²) in [5.41, 5.74) is 3.87. The minimum Gasteiger partial charge on any atom is -0.423 e. The number of azo groups is 1. The van der Waals surface area contributed by atoms with Crippen molar-refractivity contribution in [3.8, 4) is 5.75 Å². The number of hydrogen-bond donors (Lipinski definition) is 0. The molecule has 0 N–H and O–H groups in total. The van der Waals surface area contributed by atoms with Gasteiger partial charge in [0, 0.05) is 22.3 Å². The largest absolute Gasteiger partial charge is 0.423 e. The number of carbonyl (C=O) groups excluding carboxylic acids is 1. The molecule has 0 aromatic heterocycles.